The molecule has 0 aliphatic heterocycles. The Labute approximate surface area is 83.6 Å². The highest BCUT2D eigenvalue weighted by molar-refractivity contribution is 5.25. The van der Waals surface area contributed by atoms with Crippen molar-refractivity contribution in [2.75, 3.05) is 18.5 Å². The van der Waals surface area contributed by atoms with Crippen molar-refractivity contribution in [1.82, 2.24) is 10.1 Å². The molecule has 0 aliphatic rings. The van der Waals surface area contributed by atoms with Crippen LogP contribution in [0.5, 0.6) is 0 Å². The second-order valence-corrected chi connectivity index (χ2v) is 3.08. The summed E-state index contributed by atoms with van der Waals surface area (Å²) in [6, 6.07) is -0.251. The standard InChI is InChI=1S/C9H16N4O/c1-4-6-7(10)8-11-9(12-14-8)13(3)5-2/h4,7H,1,5-6,10H2,2-3H3. The second-order valence-electron chi connectivity index (χ2n) is 3.08. The topological polar surface area (TPSA) is 68.2 Å². The van der Waals surface area contributed by atoms with Gasteiger partial charge in [0.05, 0.1) is 6.04 Å². The largest absolute Gasteiger partial charge is 0.342 e. The van der Waals surface area contributed by atoms with E-state index in [1.807, 2.05) is 18.9 Å². The molecule has 0 saturated heterocycles. The Morgan fingerprint density at radius 2 is 2.43 bits per heavy atom. The molecule has 0 spiro atoms. The summed E-state index contributed by atoms with van der Waals surface area (Å²) in [6.45, 7) is 6.45. The molecule has 2 N–H and O–H groups in total. The summed E-state index contributed by atoms with van der Waals surface area (Å²) in [5, 5.41) is 3.82. The van der Waals surface area contributed by atoms with Gasteiger partial charge in [-0.05, 0) is 18.5 Å². The zero-order valence-corrected chi connectivity index (χ0v) is 8.60. The van der Waals surface area contributed by atoms with Gasteiger partial charge in [0.2, 0.25) is 5.89 Å². The van der Waals surface area contributed by atoms with Crippen LogP contribution in [0.1, 0.15) is 25.3 Å². The lowest BCUT2D eigenvalue weighted by molar-refractivity contribution is 0.355. The van der Waals surface area contributed by atoms with Gasteiger partial charge in [0.15, 0.2) is 0 Å². The number of aromatic nitrogens is 2. The number of hydrogen-bond donors (Lipinski definition) is 1. The van der Waals surface area contributed by atoms with Gasteiger partial charge < -0.3 is 15.2 Å². The van der Waals surface area contributed by atoms with Crippen molar-refractivity contribution in [2.24, 2.45) is 5.73 Å². The first-order valence-corrected chi connectivity index (χ1v) is 4.60. The van der Waals surface area contributed by atoms with E-state index in [4.69, 9.17) is 10.3 Å². The maximum Gasteiger partial charge on any atom is 0.265 e. The highest BCUT2D eigenvalue weighted by atomic mass is 16.5. The van der Waals surface area contributed by atoms with E-state index in [2.05, 4.69) is 16.7 Å². The molecule has 1 rings (SSSR count). The van der Waals surface area contributed by atoms with Crippen LogP contribution < -0.4 is 10.6 Å². The predicted octanol–water partition coefficient (Wildman–Crippen LogP) is 1.10. The summed E-state index contributed by atoms with van der Waals surface area (Å²) >= 11 is 0. The molecule has 0 aromatic carbocycles. The first kappa shape index (κ1) is 10.7. The number of hydrogen-bond acceptors (Lipinski definition) is 5. The Balaban J connectivity index is 2.71. The van der Waals surface area contributed by atoms with Crippen LogP contribution >= 0.6 is 0 Å². The van der Waals surface area contributed by atoms with Crippen molar-refractivity contribution in [2.45, 2.75) is 19.4 Å². The fourth-order valence-corrected chi connectivity index (χ4v) is 0.954. The third-order valence-electron chi connectivity index (χ3n) is 1.98. The van der Waals surface area contributed by atoms with E-state index in [1.165, 1.54) is 0 Å². The van der Waals surface area contributed by atoms with Crippen LogP contribution in [0.4, 0.5) is 5.95 Å². The molecule has 5 nitrogen and oxygen atoms in total. The lowest BCUT2D eigenvalue weighted by atomic mass is 10.2. The molecule has 1 atom stereocenters. The van der Waals surface area contributed by atoms with E-state index in [0.29, 0.717) is 18.3 Å². The van der Waals surface area contributed by atoms with Crippen LogP contribution in [0.15, 0.2) is 17.2 Å². The van der Waals surface area contributed by atoms with Gasteiger partial charge in [0, 0.05) is 13.6 Å². The van der Waals surface area contributed by atoms with Crippen molar-refractivity contribution in [3.8, 4) is 0 Å². The van der Waals surface area contributed by atoms with Gasteiger partial charge in [-0.2, -0.15) is 4.98 Å². The molecule has 0 radical (unpaired) electrons. The molecule has 1 aromatic heterocycles. The van der Waals surface area contributed by atoms with Gasteiger partial charge in [-0.1, -0.05) is 6.08 Å². The normalized spacial score (nSPS) is 12.5. The third kappa shape index (κ3) is 2.32. The van der Waals surface area contributed by atoms with Crippen molar-refractivity contribution >= 4 is 5.95 Å². The molecule has 14 heavy (non-hydrogen) atoms. The Bertz CT molecular complexity index is 297. The van der Waals surface area contributed by atoms with Crippen molar-refractivity contribution in [1.29, 1.82) is 0 Å². The average Bonchev–Trinajstić information content (AvgIpc) is 2.66. The van der Waals surface area contributed by atoms with Crippen molar-refractivity contribution in [3.05, 3.63) is 18.5 Å². The maximum absolute atomic E-state index is 5.77. The van der Waals surface area contributed by atoms with E-state index in [0.717, 1.165) is 6.54 Å². The minimum Gasteiger partial charge on any atom is -0.342 e. The summed E-state index contributed by atoms with van der Waals surface area (Å²) in [4.78, 5) is 6.06. The van der Waals surface area contributed by atoms with Crippen LogP contribution in [-0.2, 0) is 0 Å². The average molecular weight is 196 g/mol. The molecule has 0 saturated carbocycles. The highest BCUT2D eigenvalue weighted by Gasteiger charge is 2.14. The van der Waals surface area contributed by atoms with Gasteiger partial charge in [-0.25, -0.2) is 0 Å². The maximum atomic E-state index is 5.77. The van der Waals surface area contributed by atoms with Gasteiger partial charge in [0.25, 0.3) is 5.95 Å². The van der Waals surface area contributed by atoms with Crippen molar-refractivity contribution < 1.29 is 4.52 Å². The Kier molecular flexibility index (Phi) is 3.64. The summed E-state index contributed by atoms with van der Waals surface area (Å²) < 4.78 is 5.03. The molecule has 78 valence electrons. The number of nitrogens with two attached hydrogens (primary N) is 1. The molecule has 0 amide bonds. The second kappa shape index (κ2) is 4.76. The Morgan fingerprint density at radius 3 is 3.00 bits per heavy atom. The summed E-state index contributed by atoms with van der Waals surface area (Å²) in [7, 11) is 1.90. The smallest absolute Gasteiger partial charge is 0.265 e. The van der Waals surface area contributed by atoms with E-state index < -0.39 is 0 Å². The van der Waals surface area contributed by atoms with E-state index in [-0.39, 0.29) is 6.04 Å². The molecule has 0 fully saturated rings. The summed E-state index contributed by atoms with van der Waals surface area (Å²) in [6.07, 6.45) is 2.37. The van der Waals surface area contributed by atoms with Crippen LogP contribution in [0.2, 0.25) is 0 Å². The summed E-state index contributed by atoms with van der Waals surface area (Å²) in [5.41, 5.74) is 5.77. The summed E-state index contributed by atoms with van der Waals surface area (Å²) in [5.74, 6) is 1.03. The zero-order chi connectivity index (χ0) is 10.6. The van der Waals surface area contributed by atoms with Crippen LogP contribution in [-0.4, -0.2) is 23.7 Å². The molecule has 1 aromatic rings. The Hall–Kier alpha value is -1.36. The lowest BCUT2D eigenvalue weighted by Gasteiger charge is -2.08. The monoisotopic (exact) mass is 196 g/mol. The minimum atomic E-state index is -0.251. The fourth-order valence-electron chi connectivity index (χ4n) is 0.954. The van der Waals surface area contributed by atoms with Gasteiger partial charge >= 0.3 is 0 Å². The van der Waals surface area contributed by atoms with Crippen LogP contribution in [0, 0.1) is 0 Å². The van der Waals surface area contributed by atoms with Crippen LogP contribution in [0.25, 0.3) is 0 Å². The SMILES string of the molecule is C=CCC(N)c1nc(N(C)CC)no1. The van der Waals surface area contributed by atoms with E-state index in [1.54, 1.807) is 6.08 Å². The molecule has 0 bridgehead atoms. The molecule has 1 unspecified atom stereocenters. The van der Waals surface area contributed by atoms with E-state index in [9.17, 15) is 0 Å². The Morgan fingerprint density at radius 1 is 1.71 bits per heavy atom. The lowest BCUT2D eigenvalue weighted by Crippen LogP contribution is -2.17. The minimum absolute atomic E-state index is 0.251. The zero-order valence-electron chi connectivity index (χ0n) is 8.60. The van der Waals surface area contributed by atoms with Crippen molar-refractivity contribution in [3.63, 3.8) is 0 Å². The van der Waals surface area contributed by atoms with Gasteiger partial charge in [0.1, 0.15) is 0 Å². The molecule has 1 heterocycles. The fraction of sp³-hybridized carbons (Fsp3) is 0.556. The number of anilines is 1. The molecule has 5 heteroatoms. The quantitative estimate of drug-likeness (QED) is 0.714. The third-order valence-corrected chi connectivity index (χ3v) is 1.98. The highest BCUT2D eigenvalue weighted by Crippen LogP contribution is 2.15. The number of rotatable bonds is 5. The molecule has 0 aliphatic carbocycles. The first-order chi connectivity index (χ1) is 6.69. The molecular formula is C9H16N4O. The van der Waals surface area contributed by atoms with E-state index >= 15 is 0 Å². The predicted molar refractivity (Wildman–Crippen MR) is 55.0 cm³/mol. The van der Waals surface area contributed by atoms with Crippen LogP contribution in [0.3, 0.4) is 0 Å². The van der Waals surface area contributed by atoms with Gasteiger partial charge in [-0.3, -0.25) is 0 Å². The number of nitrogens with zero attached hydrogens (tertiary/aromatic N) is 3. The molecular weight excluding hydrogens is 180 g/mol. The van der Waals surface area contributed by atoms with Gasteiger partial charge in [-0.15, -0.1) is 6.58 Å². The first-order valence-electron chi connectivity index (χ1n) is 4.60.